The van der Waals surface area contributed by atoms with Crippen LogP contribution in [0.2, 0.25) is 5.02 Å². The molecule has 0 amide bonds. The summed E-state index contributed by atoms with van der Waals surface area (Å²) in [5, 5.41) is 12.7. The van der Waals surface area contributed by atoms with E-state index in [1.54, 1.807) is 11.3 Å². The predicted octanol–water partition coefficient (Wildman–Crippen LogP) is 4.84. The fourth-order valence-corrected chi connectivity index (χ4v) is 4.14. The van der Waals surface area contributed by atoms with E-state index >= 15 is 0 Å². The molecule has 0 radical (unpaired) electrons. The minimum atomic E-state index is -0.877. The molecule has 0 aliphatic carbocycles. The number of thiophene rings is 2. The van der Waals surface area contributed by atoms with Crippen LogP contribution in [0, 0.1) is 5.82 Å². The molecule has 1 unspecified atom stereocenters. The van der Waals surface area contributed by atoms with Crippen molar-refractivity contribution in [3.8, 4) is 0 Å². The van der Waals surface area contributed by atoms with Gasteiger partial charge in [-0.25, -0.2) is 4.39 Å². The molecule has 18 heavy (non-hydrogen) atoms. The van der Waals surface area contributed by atoms with Crippen LogP contribution in [-0.2, 0) is 0 Å². The molecule has 3 aromatic rings. The second kappa shape index (κ2) is 4.63. The summed E-state index contributed by atoms with van der Waals surface area (Å²) in [6, 6.07) is 7.96. The van der Waals surface area contributed by atoms with Crippen molar-refractivity contribution in [2.45, 2.75) is 6.10 Å². The van der Waals surface area contributed by atoms with Crippen LogP contribution in [0.4, 0.5) is 4.39 Å². The number of aliphatic hydroxyl groups excluding tert-OH is 1. The van der Waals surface area contributed by atoms with E-state index in [4.69, 9.17) is 11.6 Å². The maximum atomic E-state index is 13.2. The zero-order valence-corrected chi connectivity index (χ0v) is 11.5. The van der Waals surface area contributed by atoms with E-state index in [2.05, 4.69) is 0 Å². The van der Waals surface area contributed by atoms with Crippen LogP contribution in [0.5, 0.6) is 0 Å². The molecule has 0 aliphatic heterocycles. The number of hydrogen-bond acceptors (Lipinski definition) is 3. The summed E-state index contributed by atoms with van der Waals surface area (Å²) in [6.45, 7) is 0. The quantitative estimate of drug-likeness (QED) is 0.718. The average Bonchev–Trinajstić information content (AvgIpc) is 2.91. The van der Waals surface area contributed by atoms with Gasteiger partial charge in [0.25, 0.3) is 0 Å². The summed E-state index contributed by atoms with van der Waals surface area (Å²) in [4.78, 5) is 0.782. The molecule has 3 rings (SSSR count). The van der Waals surface area contributed by atoms with Crippen molar-refractivity contribution in [1.82, 2.24) is 0 Å². The molecular weight excluding hydrogens is 291 g/mol. The average molecular weight is 299 g/mol. The predicted molar refractivity (Wildman–Crippen MR) is 75.2 cm³/mol. The SMILES string of the molecule is OC(c1cc2sccc2s1)c1cc(F)ccc1Cl. The van der Waals surface area contributed by atoms with Crippen molar-refractivity contribution < 1.29 is 9.50 Å². The van der Waals surface area contributed by atoms with E-state index in [1.165, 1.54) is 29.5 Å². The summed E-state index contributed by atoms with van der Waals surface area (Å²) in [6.07, 6.45) is -0.877. The normalized spacial score (nSPS) is 13.1. The second-order valence-electron chi connectivity index (χ2n) is 3.87. The van der Waals surface area contributed by atoms with Crippen molar-refractivity contribution in [2.24, 2.45) is 0 Å². The zero-order chi connectivity index (χ0) is 12.7. The fourth-order valence-electron chi connectivity index (χ4n) is 1.80. The molecule has 0 saturated carbocycles. The first-order valence-electron chi connectivity index (χ1n) is 5.25. The summed E-state index contributed by atoms with van der Waals surface area (Å²) in [7, 11) is 0. The van der Waals surface area contributed by atoms with Crippen LogP contribution in [0.15, 0.2) is 35.7 Å². The Labute approximate surface area is 116 Å². The van der Waals surface area contributed by atoms with E-state index in [-0.39, 0.29) is 0 Å². The Morgan fingerprint density at radius 3 is 2.78 bits per heavy atom. The third kappa shape index (κ3) is 2.06. The lowest BCUT2D eigenvalue weighted by molar-refractivity contribution is 0.224. The third-order valence-electron chi connectivity index (χ3n) is 2.68. The second-order valence-corrected chi connectivity index (χ2v) is 6.34. The smallest absolute Gasteiger partial charge is 0.123 e. The van der Waals surface area contributed by atoms with Gasteiger partial charge < -0.3 is 5.11 Å². The maximum Gasteiger partial charge on any atom is 0.123 e. The van der Waals surface area contributed by atoms with Gasteiger partial charge in [0.15, 0.2) is 0 Å². The minimum absolute atomic E-state index is 0.376. The first-order chi connectivity index (χ1) is 8.65. The van der Waals surface area contributed by atoms with Crippen LogP contribution in [-0.4, -0.2) is 5.11 Å². The first kappa shape index (κ1) is 12.1. The molecule has 5 heteroatoms. The van der Waals surface area contributed by atoms with E-state index < -0.39 is 11.9 Å². The Bertz CT molecular complexity index is 675. The summed E-state index contributed by atoms with van der Waals surface area (Å²) < 4.78 is 15.5. The molecule has 2 aromatic heterocycles. The lowest BCUT2D eigenvalue weighted by atomic mass is 10.1. The number of rotatable bonds is 2. The van der Waals surface area contributed by atoms with Crippen LogP contribution < -0.4 is 0 Å². The highest BCUT2D eigenvalue weighted by Crippen LogP contribution is 2.37. The molecule has 0 saturated heterocycles. The first-order valence-corrected chi connectivity index (χ1v) is 7.32. The van der Waals surface area contributed by atoms with Crippen molar-refractivity contribution in [2.75, 3.05) is 0 Å². The Kier molecular flexibility index (Phi) is 3.11. The van der Waals surface area contributed by atoms with E-state index in [9.17, 15) is 9.50 Å². The number of hydrogen-bond donors (Lipinski definition) is 1. The number of fused-ring (bicyclic) bond motifs is 1. The zero-order valence-electron chi connectivity index (χ0n) is 9.06. The highest BCUT2D eigenvalue weighted by molar-refractivity contribution is 7.26. The van der Waals surface area contributed by atoms with Crippen molar-refractivity contribution >= 4 is 43.7 Å². The fraction of sp³-hybridized carbons (Fsp3) is 0.0769. The van der Waals surface area contributed by atoms with E-state index in [0.717, 1.165) is 14.3 Å². The summed E-state index contributed by atoms with van der Waals surface area (Å²) in [5.74, 6) is -0.396. The Morgan fingerprint density at radius 1 is 1.17 bits per heavy atom. The number of benzene rings is 1. The summed E-state index contributed by atoms with van der Waals surface area (Å²) >= 11 is 9.12. The topological polar surface area (TPSA) is 20.2 Å². The van der Waals surface area contributed by atoms with Gasteiger partial charge in [0.1, 0.15) is 11.9 Å². The minimum Gasteiger partial charge on any atom is -0.383 e. The molecule has 0 fully saturated rings. The van der Waals surface area contributed by atoms with Gasteiger partial charge in [-0.2, -0.15) is 0 Å². The molecule has 2 heterocycles. The van der Waals surface area contributed by atoms with Crippen LogP contribution >= 0.6 is 34.3 Å². The monoisotopic (exact) mass is 298 g/mol. The van der Waals surface area contributed by atoms with Crippen LogP contribution in [0.3, 0.4) is 0 Å². The van der Waals surface area contributed by atoms with Gasteiger partial charge in [0.2, 0.25) is 0 Å². The molecule has 1 N–H and O–H groups in total. The van der Waals surface area contributed by atoms with Crippen LogP contribution in [0.1, 0.15) is 16.5 Å². The van der Waals surface area contributed by atoms with Crippen LogP contribution in [0.25, 0.3) is 9.40 Å². The van der Waals surface area contributed by atoms with Gasteiger partial charge in [0.05, 0.1) is 0 Å². The molecule has 0 spiro atoms. The molecule has 0 bridgehead atoms. The molecule has 0 aliphatic rings. The molecular formula is C13H8ClFOS2. The standard InChI is InChI=1S/C13H8ClFOS2/c14-9-2-1-7(15)5-8(9)13(16)12-6-11-10(18-12)3-4-17-11/h1-6,13,16H. The van der Waals surface area contributed by atoms with Gasteiger partial charge in [0, 0.05) is 24.9 Å². The van der Waals surface area contributed by atoms with E-state index in [1.807, 2.05) is 17.5 Å². The number of aliphatic hydroxyl groups is 1. The number of halogens is 2. The van der Waals surface area contributed by atoms with Gasteiger partial charge in [-0.1, -0.05) is 11.6 Å². The van der Waals surface area contributed by atoms with Crippen molar-refractivity contribution in [3.05, 3.63) is 57.0 Å². The highest BCUT2D eigenvalue weighted by Gasteiger charge is 2.17. The van der Waals surface area contributed by atoms with Crippen molar-refractivity contribution in [3.63, 3.8) is 0 Å². The highest BCUT2D eigenvalue weighted by atomic mass is 35.5. The lowest BCUT2D eigenvalue weighted by Crippen LogP contribution is -1.98. The third-order valence-corrected chi connectivity index (χ3v) is 5.17. The van der Waals surface area contributed by atoms with E-state index in [0.29, 0.717) is 10.6 Å². The van der Waals surface area contributed by atoms with Gasteiger partial charge in [-0.3, -0.25) is 0 Å². The molecule has 1 atom stereocenters. The van der Waals surface area contributed by atoms with Gasteiger partial charge in [-0.15, -0.1) is 22.7 Å². The summed E-state index contributed by atoms with van der Waals surface area (Å²) in [5.41, 5.74) is 0.408. The van der Waals surface area contributed by atoms with Gasteiger partial charge in [-0.05, 0) is 35.7 Å². The largest absolute Gasteiger partial charge is 0.383 e. The van der Waals surface area contributed by atoms with Gasteiger partial charge >= 0.3 is 0 Å². The molecule has 1 aromatic carbocycles. The Balaban J connectivity index is 2.05. The Morgan fingerprint density at radius 2 is 2.00 bits per heavy atom. The maximum absolute atomic E-state index is 13.2. The lowest BCUT2D eigenvalue weighted by Gasteiger charge is -2.10. The van der Waals surface area contributed by atoms with Crippen molar-refractivity contribution in [1.29, 1.82) is 0 Å². The molecule has 1 nitrogen and oxygen atoms in total. The molecule has 92 valence electrons. The Hall–Kier alpha value is -0.940.